The molecule has 15 nitrogen and oxygen atoms in total. The monoisotopic (exact) mass is 486 g/mol. The average Bonchev–Trinajstić information content (AvgIpc) is 3.55. The minimum Gasteiger partial charge on any atom is -0.431 e. The van der Waals surface area contributed by atoms with Crippen molar-refractivity contribution in [1.82, 2.24) is 24.8 Å². The highest BCUT2D eigenvalue weighted by Crippen LogP contribution is 2.28. The molecule has 0 saturated carbocycles. The van der Waals surface area contributed by atoms with E-state index in [1.165, 1.54) is 36.0 Å². The molecule has 0 aliphatic carbocycles. The highest BCUT2D eigenvalue weighted by molar-refractivity contribution is 6.45. The van der Waals surface area contributed by atoms with Gasteiger partial charge in [0, 0.05) is 44.8 Å². The van der Waals surface area contributed by atoms with Crippen LogP contribution in [0.15, 0.2) is 46.8 Å². The lowest BCUT2D eigenvalue weighted by molar-refractivity contribution is -0.127. The third kappa shape index (κ3) is 4.30. The highest BCUT2D eigenvalue weighted by Gasteiger charge is 2.32. The lowest BCUT2D eigenvalue weighted by Gasteiger charge is -2.37. The third-order valence-electron chi connectivity index (χ3n) is 5.38. The number of rotatable bonds is 5. The summed E-state index contributed by atoms with van der Waals surface area (Å²) in [4.78, 5) is 39.7. The summed E-state index contributed by atoms with van der Waals surface area (Å²) >= 11 is 0. The Morgan fingerprint density at radius 1 is 1.20 bits per heavy atom. The minimum absolute atomic E-state index is 0.0797. The number of aromatic nitrogens is 3. The second-order valence-corrected chi connectivity index (χ2v) is 7.35. The minimum atomic E-state index is -0.883. The summed E-state index contributed by atoms with van der Waals surface area (Å²) in [5.74, 6) is 15.1. The number of hydrazone groups is 1. The molecule has 184 valence electrons. The highest BCUT2D eigenvalue weighted by atomic mass is 19.1. The maximum atomic E-state index is 14.6. The molecule has 1 saturated heterocycles. The van der Waals surface area contributed by atoms with Gasteiger partial charge in [-0.15, -0.1) is 5.10 Å². The number of oxazole rings is 1. The molecule has 1 fully saturated rings. The van der Waals surface area contributed by atoms with Crippen molar-refractivity contribution in [2.24, 2.45) is 28.4 Å². The molecule has 0 radical (unpaired) electrons. The number of amides is 1. The van der Waals surface area contributed by atoms with Gasteiger partial charge in [0.1, 0.15) is 6.26 Å². The Morgan fingerprint density at radius 3 is 2.54 bits per heavy atom. The first-order chi connectivity index (χ1) is 16.9. The van der Waals surface area contributed by atoms with Crippen LogP contribution in [0.3, 0.4) is 0 Å². The van der Waals surface area contributed by atoms with Crippen LogP contribution in [0, 0.1) is 5.82 Å². The second kappa shape index (κ2) is 9.65. The van der Waals surface area contributed by atoms with Crippen molar-refractivity contribution in [3.05, 3.63) is 48.6 Å². The van der Waals surface area contributed by atoms with Gasteiger partial charge in [0.25, 0.3) is 11.7 Å². The van der Waals surface area contributed by atoms with Gasteiger partial charge in [-0.25, -0.2) is 26.0 Å². The number of nitrogens with zero attached hydrogens (tertiary/aromatic N) is 7. The Kier molecular flexibility index (Phi) is 6.47. The summed E-state index contributed by atoms with van der Waals surface area (Å²) in [6.07, 6.45) is 7.39. The van der Waals surface area contributed by atoms with Gasteiger partial charge in [0.05, 0.1) is 28.9 Å². The molecular weight excluding hydrogens is 463 g/mol. The molecule has 1 aliphatic heterocycles. The first-order valence-corrected chi connectivity index (χ1v) is 10.3. The Morgan fingerprint density at radius 2 is 1.91 bits per heavy atom. The molecule has 0 unspecified atom stereocenters. The van der Waals surface area contributed by atoms with Crippen LogP contribution in [0.25, 0.3) is 10.9 Å². The largest absolute Gasteiger partial charge is 0.431 e. The summed E-state index contributed by atoms with van der Waals surface area (Å²) in [5, 5.41) is 5.72. The number of ketones is 1. The van der Waals surface area contributed by atoms with Crippen LogP contribution in [-0.4, -0.2) is 68.6 Å². The number of aromatic amines is 1. The maximum absolute atomic E-state index is 14.6. The van der Waals surface area contributed by atoms with Gasteiger partial charge < -0.3 is 30.8 Å². The van der Waals surface area contributed by atoms with E-state index in [1.807, 2.05) is 0 Å². The Labute approximate surface area is 197 Å². The fourth-order valence-electron chi connectivity index (χ4n) is 3.72. The average molecular weight is 486 g/mol. The number of carbonyl (C=O) groups excluding carboxylic acids is 2. The van der Waals surface area contributed by atoms with Crippen molar-refractivity contribution >= 4 is 40.4 Å². The number of guanidine groups is 1. The number of pyridine rings is 1. The molecule has 1 amide bonds. The molecule has 9 N–H and O–H groups in total. The number of H-pyrrole nitrogens is 1. The summed E-state index contributed by atoms with van der Waals surface area (Å²) in [5.41, 5.74) is 5.35. The van der Waals surface area contributed by atoms with Gasteiger partial charge in [-0.05, 0) is 0 Å². The van der Waals surface area contributed by atoms with Gasteiger partial charge >= 0.3 is 6.01 Å². The van der Waals surface area contributed by atoms with Crippen LogP contribution in [-0.2, 0) is 4.79 Å². The van der Waals surface area contributed by atoms with E-state index in [1.54, 1.807) is 4.90 Å². The lowest BCUT2D eigenvalue weighted by atomic mass is 10.1. The van der Waals surface area contributed by atoms with E-state index in [9.17, 15) is 14.0 Å². The first-order valence-electron chi connectivity index (χ1n) is 10.3. The molecule has 0 bridgehead atoms. The van der Waals surface area contributed by atoms with E-state index in [4.69, 9.17) is 27.7 Å². The predicted molar refractivity (Wildman–Crippen MR) is 123 cm³/mol. The molecule has 35 heavy (non-hydrogen) atoms. The summed E-state index contributed by atoms with van der Waals surface area (Å²) < 4.78 is 19.8. The number of Topliss-reactive ketones (excluding diaryl/α,β-unsaturated/α-hetero) is 1. The van der Waals surface area contributed by atoms with Gasteiger partial charge in [0.2, 0.25) is 5.96 Å². The normalized spacial score (nSPS) is 14.7. The van der Waals surface area contributed by atoms with Crippen molar-refractivity contribution < 1.29 is 18.4 Å². The Hall–Kier alpha value is -4.70. The second-order valence-electron chi connectivity index (χ2n) is 7.35. The third-order valence-corrected chi connectivity index (χ3v) is 5.38. The van der Waals surface area contributed by atoms with Gasteiger partial charge in [-0.3, -0.25) is 14.6 Å². The molecule has 3 aromatic rings. The molecule has 0 atom stereocenters. The zero-order valence-corrected chi connectivity index (χ0v) is 18.3. The number of hydrazine groups is 2. The number of hydrogen-bond donors (Lipinski definition) is 5. The van der Waals surface area contributed by atoms with Gasteiger partial charge in [0.15, 0.2) is 11.6 Å². The molecular formula is C19H23FN12O3. The standard InChI is InChI=1S/C19H23FN12O3/c20-12-10-27-16(31(23)3-1-21)14-13(12)11(9-26-14)15(33)17(34)29-4-6-30(7-5-29)18(28-22)32(24)19-25-2-8-35-19/h1-3,8-10,26H,4-7,21-24H2/b3-1-,28-18-. The number of carbonyl (C=O) groups is 2. The van der Waals surface area contributed by atoms with Crippen LogP contribution >= 0.6 is 0 Å². The Bertz CT molecular complexity index is 1280. The molecule has 1 aliphatic rings. The van der Waals surface area contributed by atoms with Crippen molar-refractivity contribution in [3.63, 3.8) is 0 Å². The van der Waals surface area contributed by atoms with Crippen LogP contribution < -0.4 is 33.3 Å². The number of anilines is 2. The summed E-state index contributed by atoms with van der Waals surface area (Å²) in [6, 6.07) is 0.0797. The molecule has 0 spiro atoms. The quantitative estimate of drug-likeness (QED) is 0.0712. The maximum Gasteiger partial charge on any atom is 0.319 e. The smallest absolute Gasteiger partial charge is 0.319 e. The predicted octanol–water partition coefficient (Wildman–Crippen LogP) is -1.26. The number of nitrogens with one attached hydrogen (secondary N) is 1. The van der Waals surface area contributed by atoms with E-state index in [2.05, 4.69) is 20.1 Å². The molecule has 3 aromatic heterocycles. The van der Waals surface area contributed by atoms with E-state index >= 15 is 0 Å². The number of hydrogen-bond acceptors (Lipinski definition) is 11. The van der Waals surface area contributed by atoms with E-state index in [0.717, 1.165) is 16.2 Å². The zero-order chi connectivity index (χ0) is 25.1. The fourth-order valence-corrected chi connectivity index (χ4v) is 3.72. The van der Waals surface area contributed by atoms with Crippen molar-refractivity contribution in [2.75, 3.05) is 36.2 Å². The number of halogens is 1. The lowest BCUT2D eigenvalue weighted by Crippen LogP contribution is -2.57. The fraction of sp³-hybridized carbons (Fsp3) is 0.211. The zero-order valence-electron chi connectivity index (χ0n) is 18.3. The molecule has 4 heterocycles. The van der Waals surface area contributed by atoms with E-state index in [0.29, 0.717) is 0 Å². The summed E-state index contributed by atoms with van der Waals surface area (Å²) in [6.45, 7) is 0.873. The van der Waals surface area contributed by atoms with Crippen LogP contribution in [0.5, 0.6) is 0 Å². The van der Waals surface area contributed by atoms with Crippen LogP contribution in [0.1, 0.15) is 10.4 Å². The number of nitrogens with two attached hydrogens (primary N) is 4. The Balaban J connectivity index is 1.49. The SMILES string of the molecule is N/C=C\N(N)c1ncc(F)c2c(C(=O)C(=O)N3CCN(/C(=N/N)N(N)c4ncco4)CC3)c[nH]c12. The van der Waals surface area contributed by atoms with Crippen molar-refractivity contribution in [3.8, 4) is 0 Å². The van der Waals surface area contributed by atoms with Gasteiger partial charge in [-0.2, -0.15) is 5.01 Å². The van der Waals surface area contributed by atoms with Gasteiger partial charge in [-0.1, -0.05) is 0 Å². The van der Waals surface area contributed by atoms with Crippen LogP contribution in [0.2, 0.25) is 0 Å². The molecule has 4 rings (SSSR count). The number of fused-ring (bicyclic) bond motifs is 1. The van der Waals surface area contributed by atoms with Crippen LogP contribution in [0.4, 0.5) is 16.2 Å². The topological polar surface area (TPSA) is 218 Å². The molecule has 0 aromatic carbocycles. The first kappa shape index (κ1) is 23.5. The van der Waals surface area contributed by atoms with E-state index < -0.39 is 17.5 Å². The van der Waals surface area contributed by atoms with Crippen molar-refractivity contribution in [1.29, 1.82) is 0 Å². The molecule has 16 heteroatoms. The summed E-state index contributed by atoms with van der Waals surface area (Å²) in [7, 11) is 0. The number of piperazine rings is 1. The van der Waals surface area contributed by atoms with Crippen molar-refractivity contribution in [2.45, 2.75) is 0 Å². The van der Waals surface area contributed by atoms with E-state index in [-0.39, 0.29) is 60.4 Å².